The van der Waals surface area contributed by atoms with Crippen molar-refractivity contribution < 1.29 is 18.8 Å². The van der Waals surface area contributed by atoms with E-state index in [1.807, 2.05) is 6.92 Å². The minimum Gasteiger partial charge on any atom is -0.467 e. The lowest BCUT2D eigenvalue weighted by molar-refractivity contribution is -0.144. The van der Waals surface area contributed by atoms with Crippen molar-refractivity contribution in [2.24, 2.45) is 0 Å². The average molecular weight is 255 g/mol. The Hall–Kier alpha value is -1.89. The lowest BCUT2D eigenvalue weighted by Crippen LogP contribution is -2.46. The smallest absolute Gasteiger partial charge is 0.329 e. The van der Waals surface area contributed by atoms with Gasteiger partial charge in [0.2, 0.25) is 5.91 Å². The van der Waals surface area contributed by atoms with Crippen LogP contribution in [0.4, 0.5) is 0 Å². The number of esters is 1. The van der Waals surface area contributed by atoms with E-state index in [9.17, 15) is 9.59 Å². The molecule has 1 atom stereocenters. The molecule has 1 aromatic heterocycles. The van der Waals surface area contributed by atoms with Crippen molar-refractivity contribution in [2.75, 3.05) is 13.7 Å². The Labute approximate surface area is 105 Å². The number of hydrogen-bond acceptors (Lipinski definition) is 6. The van der Waals surface area contributed by atoms with Gasteiger partial charge in [-0.3, -0.25) is 4.79 Å². The summed E-state index contributed by atoms with van der Waals surface area (Å²) in [5.41, 5.74) is 0.790. The number of rotatable bonds is 6. The number of carbonyl (C=O) groups is 2. The highest BCUT2D eigenvalue weighted by Gasteiger charge is 2.19. The minimum absolute atomic E-state index is 0.256. The fourth-order valence-corrected chi connectivity index (χ4v) is 1.42. The Morgan fingerprint density at radius 1 is 1.56 bits per heavy atom. The van der Waals surface area contributed by atoms with Crippen LogP contribution in [0.1, 0.15) is 18.4 Å². The van der Waals surface area contributed by atoms with Gasteiger partial charge in [-0.15, -0.1) is 0 Å². The molecule has 1 amide bonds. The molecule has 1 aromatic rings. The van der Waals surface area contributed by atoms with Crippen molar-refractivity contribution in [3.8, 4) is 0 Å². The summed E-state index contributed by atoms with van der Waals surface area (Å²) in [6, 6.07) is 1.08. The zero-order chi connectivity index (χ0) is 13.5. The monoisotopic (exact) mass is 255 g/mol. The van der Waals surface area contributed by atoms with Crippen LogP contribution in [0.3, 0.4) is 0 Å². The summed E-state index contributed by atoms with van der Waals surface area (Å²) in [4.78, 5) is 22.3. The number of aryl methyl sites for hydroxylation is 1. The molecule has 1 heterocycles. The number of amides is 1. The molecule has 0 aliphatic heterocycles. The number of nitrogens with one attached hydrogen (secondary N) is 2. The van der Waals surface area contributed by atoms with Gasteiger partial charge < -0.3 is 19.9 Å². The van der Waals surface area contributed by atoms with E-state index >= 15 is 0 Å². The SMILES string of the molecule is COC(=O)C(CNCc1cc(C)no1)NC(C)=O. The highest BCUT2D eigenvalue weighted by molar-refractivity contribution is 5.83. The zero-order valence-corrected chi connectivity index (χ0v) is 10.6. The summed E-state index contributed by atoms with van der Waals surface area (Å²) in [6.45, 7) is 3.84. The third-order valence-electron chi connectivity index (χ3n) is 2.19. The first-order valence-corrected chi connectivity index (χ1v) is 5.50. The topological polar surface area (TPSA) is 93.5 Å². The van der Waals surface area contributed by atoms with Gasteiger partial charge in [0.15, 0.2) is 5.76 Å². The van der Waals surface area contributed by atoms with Crippen molar-refractivity contribution in [1.82, 2.24) is 15.8 Å². The standard InChI is InChI=1S/C11H17N3O4/c1-7-4-9(18-14-7)5-12-6-10(11(16)17-3)13-8(2)15/h4,10,12H,5-6H2,1-3H3,(H,13,15). The number of aromatic nitrogens is 1. The second-order valence-corrected chi connectivity index (χ2v) is 3.84. The van der Waals surface area contributed by atoms with Crippen molar-refractivity contribution >= 4 is 11.9 Å². The van der Waals surface area contributed by atoms with Crippen LogP contribution in [0.5, 0.6) is 0 Å². The molecule has 0 radical (unpaired) electrons. The van der Waals surface area contributed by atoms with Gasteiger partial charge in [-0.05, 0) is 6.92 Å². The Morgan fingerprint density at radius 2 is 2.28 bits per heavy atom. The molecule has 0 aromatic carbocycles. The Kier molecular flexibility index (Phi) is 5.31. The van der Waals surface area contributed by atoms with Gasteiger partial charge in [-0.1, -0.05) is 5.16 Å². The van der Waals surface area contributed by atoms with E-state index in [4.69, 9.17) is 4.52 Å². The molecule has 0 aliphatic carbocycles. The quantitative estimate of drug-likeness (QED) is 0.681. The fourth-order valence-electron chi connectivity index (χ4n) is 1.42. The molecule has 0 saturated heterocycles. The maximum absolute atomic E-state index is 11.4. The predicted molar refractivity (Wildman–Crippen MR) is 62.6 cm³/mol. The molecule has 1 unspecified atom stereocenters. The van der Waals surface area contributed by atoms with Crippen molar-refractivity contribution in [3.05, 3.63) is 17.5 Å². The Morgan fingerprint density at radius 3 is 2.78 bits per heavy atom. The summed E-state index contributed by atoms with van der Waals surface area (Å²) >= 11 is 0. The highest BCUT2D eigenvalue weighted by atomic mass is 16.5. The summed E-state index contributed by atoms with van der Waals surface area (Å²) in [7, 11) is 1.27. The van der Waals surface area contributed by atoms with Gasteiger partial charge in [0.05, 0.1) is 19.3 Å². The molecule has 0 aliphatic rings. The number of methoxy groups -OCH3 is 1. The van der Waals surface area contributed by atoms with Crippen LogP contribution in [0.25, 0.3) is 0 Å². The third kappa shape index (κ3) is 4.54. The van der Waals surface area contributed by atoms with Gasteiger partial charge >= 0.3 is 5.97 Å². The van der Waals surface area contributed by atoms with Gasteiger partial charge in [-0.25, -0.2) is 4.79 Å². The van der Waals surface area contributed by atoms with E-state index in [1.165, 1.54) is 14.0 Å². The first kappa shape index (κ1) is 14.2. The van der Waals surface area contributed by atoms with Crippen LogP contribution in [-0.2, 0) is 20.9 Å². The number of carbonyl (C=O) groups excluding carboxylic acids is 2. The molecule has 18 heavy (non-hydrogen) atoms. The van der Waals surface area contributed by atoms with Crippen molar-refractivity contribution in [3.63, 3.8) is 0 Å². The van der Waals surface area contributed by atoms with Gasteiger partial charge in [0, 0.05) is 19.5 Å². The van der Waals surface area contributed by atoms with Crippen LogP contribution in [0.2, 0.25) is 0 Å². The van der Waals surface area contributed by atoms with Crippen molar-refractivity contribution in [2.45, 2.75) is 26.4 Å². The van der Waals surface area contributed by atoms with E-state index in [0.717, 1.165) is 5.69 Å². The van der Waals surface area contributed by atoms with Crippen LogP contribution in [0, 0.1) is 6.92 Å². The maximum atomic E-state index is 11.4. The van der Waals surface area contributed by atoms with Crippen LogP contribution < -0.4 is 10.6 Å². The maximum Gasteiger partial charge on any atom is 0.329 e. The molecule has 0 spiro atoms. The molecule has 7 heteroatoms. The highest BCUT2D eigenvalue weighted by Crippen LogP contribution is 2.01. The minimum atomic E-state index is -0.712. The lowest BCUT2D eigenvalue weighted by atomic mass is 10.3. The molecule has 0 fully saturated rings. The van der Waals surface area contributed by atoms with E-state index in [-0.39, 0.29) is 12.5 Å². The summed E-state index contributed by atoms with van der Waals surface area (Å²) in [5.74, 6) is -0.117. The zero-order valence-electron chi connectivity index (χ0n) is 10.6. The summed E-state index contributed by atoms with van der Waals surface area (Å²) in [6.07, 6.45) is 0. The normalized spacial score (nSPS) is 11.9. The van der Waals surface area contributed by atoms with Crippen LogP contribution >= 0.6 is 0 Å². The third-order valence-corrected chi connectivity index (χ3v) is 2.19. The van der Waals surface area contributed by atoms with Crippen molar-refractivity contribution in [1.29, 1.82) is 0 Å². The molecular weight excluding hydrogens is 238 g/mol. The molecule has 7 nitrogen and oxygen atoms in total. The molecule has 2 N–H and O–H groups in total. The fraction of sp³-hybridized carbons (Fsp3) is 0.545. The summed E-state index contributed by atoms with van der Waals surface area (Å²) < 4.78 is 9.59. The number of hydrogen-bond donors (Lipinski definition) is 2. The Bertz CT molecular complexity index is 416. The molecule has 0 bridgehead atoms. The van der Waals surface area contributed by atoms with E-state index < -0.39 is 12.0 Å². The van der Waals surface area contributed by atoms with Gasteiger partial charge in [-0.2, -0.15) is 0 Å². The number of ether oxygens (including phenoxy) is 1. The second-order valence-electron chi connectivity index (χ2n) is 3.84. The first-order valence-electron chi connectivity index (χ1n) is 5.50. The summed E-state index contributed by atoms with van der Waals surface area (Å²) in [5, 5.41) is 9.22. The molecule has 100 valence electrons. The van der Waals surface area contributed by atoms with Gasteiger partial charge in [0.1, 0.15) is 6.04 Å². The molecule has 0 saturated carbocycles. The Balaban J connectivity index is 2.41. The largest absolute Gasteiger partial charge is 0.467 e. The van der Waals surface area contributed by atoms with Crippen LogP contribution in [0.15, 0.2) is 10.6 Å². The average Bonchev–Trinajstić information content (AvgIpc) is 2.72. The lowest BCUT2D eigenvalue weighted by Gasteiger charge is -2.15. The number of nitrogens with zero attached hydrogens (tertiary/aromatic N) is 1. The van der Waals surface area contributed by atoms with E-state index in [0.29, 0.717) is 12.3 Å². The first-order chi connectivity index (χ1) is 8.52. The second kappa shape index (κ2) is 6.75. The van der Waals surface area contributed by atoms with Gasteiger partial charge in [0.25, 0.3) is 0 Å². The van der Waals surface area contributed by atoms with E-state index in [2.05, 4.69) is 20.5 Å². The molecular formula is C11H17N3O4. The van der Waals surface area contributed by atoms with E-state index in [1.54, 1.807) is 6.07 Å². The predicted octanol–water partition coefficient (Wildman–Crippen LogP) is -0.250. The molecule has 1 rings (SSSR count). The van der Waals surface area contributed by atoms with Crippen LogP contribution in [-0.4, -0.2) is 36.7 Å².